The monoisotopic (exact) mass is 881 g/mol. The molecule has 2 atom stereocenters. The zero-order valence-electron chi connectivity index (χ0n) is 33.1. The van der Waals surface area contributed by atoms with E-state index in [2.05, 4.69) is 15.6 Å². The minimum atomic E-state index is -3.67. The molecule has 0 radical (unpaired) electrons. The van der Waals surface area contributed by atoms with Gasteiger partial charge in [-0.05, 0) is 49.9 Å². The molecule has 4 N–H and O–H groups in total. The van der Waals surface area contributed by atoms with E-state index >= 15 is 0 Å². The molecule has 23 heteroatoms. The number of rotatable bonds is 11. The largest absolute Gasteiger partial charge is 0.313 e. The lowest BCUT2D eigenvalue weighted by Gasteiger charge is -2.32. The molecule has 61 heavy (non-hydrogen) atoms. The van der Waals surface area contributed by atoms with E-state index in [9.17, 15) is 56.2 Å². The quantitative estimate of drug-likeness (QED) is 0.0368. The van der Waals surface area contributed by atoms with Gasteiger partial charge in [0.15, 0.2) is 0 Å². The van der Waals surface area contributed by atoms with Crippen LogP contribution in [0.25, 0.3) is 32.4 Å². The Labute approximate surface area is 347 Å². The van der Waals surface area contributed by atoms with Crippen molar-refractivity contribution in [2.45, 2.75) is 32.9 Å². The summed E-state index contributed by atoms with van der Waals surface area (Å²) in [5.74, 6) is -2.22. The lowest BCUT2D eigenvalue weighted by atomic mass is 9.90. The Balaban J connectivity index is 0.000000633. The van der Waals surface area contributed by atoms with Crippen LogP contribution in [0.15, 0.2) is 60.8 Å². The van der Waals surface area contributed by atoms with Crippen LogP contribution in [0.5, 0.6) is 0 Å². The van der Waals surface area contributed by atoms with Crippen LogP contribution in [-0.4, -0.2) is 125 Å². The number of pyridine rings is 1. The number of nitro groups is 2. The summed E-state index contributed by atoms with van der Waals surface area (Å²) in [5.41, 5.74) is 1.54. The van der Waals surface area contributed by atoms with Gasteiger partial charge in [-0.25, -0.2) is 0 Å². The molecule has 0 aliphatic carbocycles. The molecule has 2 aliphatic heterocycles. The zero-order valence-corrected chi connectivity index (χ0v) is 34.7. The van der Waals surface area contributed by atoms with Gasteiger partial charge in [-0.15, -0.1) is 0 Å². The number of aromatic nitrogens is 1. The Morgan fingerprint density at radius 2 is 1.11 bits per heavy atom. The second kappa shape index (κ2) is 17.7. The highest BCUT2D eigenvalue weighted by atomic mass is 32.2. The highest BCUT2D eigenvalue weighted by molar-refractivity contribution is 7.85. The maximum Gasteiger partial charge on any atom is 0.270 e. The number of benzene rings is 4. The Hall–Kier alpha value is -6.37. The van der Waals surface area contributed by atoms with E-state index in [4.69, 9.17) is 9.11 Å². The van der Waals surface area contributed by atoms with E-state index in [0.29, 0.717) is 63.6 Å². The van der Waals surface area contributed by atoms with Crippen molar-refractivity contribution < 1.29 is 55.0 Å². The second-order valence-electron chi connectivity index (χ2n) is 14.4. The van der Waals surface area contributed by atoms with Crippen molar-refractivity contribution in [3.05, 3.63) is 109 Å². The third kappa shape index (κ3) is 10.3. The summed E-state index contributed by atoms with van der Waals surface area (Å²) in [5, 5.41) is 31.9. The van der Waals surface area contributed by atoms with Crippen molar-refractivity contribution in [3.63, 3.8) is 0 Å². The topological polar surface area (TPSA) is 307 Å². The third-order valence-electron chi connectivity index (χ3n) is 9.42. The second-order valence-corrected chi connectivity index (χ2v) is 17.3. The molecular formula is C38H39N7O14S2. The van der Waals surface area contributed by atoms with Crippen LogP contribution in [-0.2, 0) is 20.2 Å². The first-order chi connectivity index (χ1) is 28.4. The fraction of sp³-hybridized carbons (Fsp3) is 0.289. The van der Waals surface area contributed by atoms with E-state index in [1.54, 1.807) is 44.3 Å². The summed E-state index contributed by atoms with van der Waals surface area (Å²) >= 11 is 0. The van der Waals surface area contributed by atoms with Gasteiger partial charge in [0.1, 0.15) is 0 Å². The van der Waals surface area contributed by atoms with Crippen molar-refractivity contribution in [3.8, 4) is 0 Å². The molecule has 21 nitrogen and oxygen atoms in total. The minimum absolute atomic E-state index is 0.0656. The van der Waals surface area contributed by atoms with Crippen molar-refractivity contribution in [1.82, 2.24) is 25.4 Å². The Bertz CT molecular complexity index is 2860. The maximum absolute atomic E-state index is 13.8. The standard InChI is InChI=1S/C36H31N7O8.2CH4O3S/c1-18-9-22-11-27-31-26(32(22)39-15-18)12-24(43(50)51)14-29(31)36(47)41(34(27)45)20(3)17-38-8-7-37-16-19(2)40-33(44)25-6-4-5-21-10-23(42(48)49)13-28(30(21)25)35(40)46;2*1-5(2,3)4/h4-6,9-15,19-20,37-38H,7-8,16-17H2,1-3H3;2*1H3,(H,2,3,4)/t19-,20-;;/m1../s1. The SMILES string of the molecule is CS(=O)(=O)O.CS(=O)(=O)O.Cc1cnc2c(c1)cc1c3c(cc([N+](=O)[O-])cc32)C(=O)N([C@H](C)CNCCNC[C@@H](C)N2C(=O)c3cccc4cc([N+](=O)[O-])cc(c34)C2=O)C1=O. The maximum atomic E-state index is 13.8. The number of hydrogen-bond donors (Lipinski definition) is 4. The summed E-state index contributed by atoms with van der Waals surface area (Å²) in [6, 6.07) is 12.3. The molecule has 0 unspecified atom stereocenters. The lowest BCUT2D eigenvalue weighted by Crippen LogP contribution is -2.51. The fourth-order valence-corrected chi connectivity index (χ4v) is 7.05. The van der Waals surface area contributed by atoms with Crippen LogP contribution in [0.3, 0.4) is 0 Å². The number of imide groups is 2. The summed E-state index contributed by atoms with van der Waals surface area (Å²) in [6.45, 7) is 6.53. The van der Waals surface area contributed by atoms with Crippen molar-refractivity contribution in [2.75, 3.05) is 38.7 Å². The number of non-ortho nitro benzene ring substituents is 2. The first-order valence-corrected chi connectivity index (χ1v) is 21.8. The van der Waals surface area contributed by atoms with Gasteiger partial charge in [0.25, 0.3) is 55.2 Å². The molecule has 7 rings (SSSR count). The van der Waals surface area contributed by atoms with Gasteiger partial charge in [0.05, 0.1) is 39.0 Å². The predicted molar refractivity (Wildman–Crippen MR) is 222 cm³/mol. The van der Waals surface area contributed by atoms with Crippen LogP contribution in [0.1, 0.15) is 60.8 Å². The van der Waals surface area contributed by atoms with Gasteiger partial charge >= 0.3 is 0 Å². The van der Waals surface area contributed by atoms with E-state index in [0.717, 1.165) is 15.4 Å². The molecule has 1 aromatic heterocycles. The molecule has 0 fully saturated rings. The van der Waals surface area contributed by atoms with E-state index in [-0.39, 0.29) is 41.2 Å². The number of nitrogens with one attached hydrogen (secondary N) is 2. The van der Waals surface area contributed by atoms with Crippen LogP contribution in [0.4, 0.5) is 11.4 Å². The Kier molecular flexibility index (Phi) is 13.3. The van der Waals surface area contributed by atoms with Gasteiger partial charge in [0.2, 0.25) is 0 Å². The first kappa shape index (κ1) is 45.7. The number of carbonyl (C=O) groups is 4. The highest BCUT2D eigenvalue weighted by Gasteiger charge is 2.39. The Morgan fingerprint density at radius 3 is 1.61 bits per heavy atom. The van der Waals surface area contributed by atoms with Crippen molar-refractivity contribution in [1.29, 1.82) is 0 Å². The average molecular weight is 882 g/mol. The molecule has 0 spiro atoms. The van der Waals surface area contributed by atoms with Gasteiger partial charge in [0, 0.05) is 101 Å². The molecule has 0 saturated carbocycles. The van der Waals surface area contributed by atoms with E-state index < -0.39 is 65.8 Å². The highest BCUT2D eigenvalue weighted by Crippen LogP contribution is 2.38. The molecule has 2 aliphatic rings. The number of nitrogens with zero attached hydrogens (tertiary/aromatic N) is 5. The molecule has 5 aromatic rings. The molecule has 322 valence electrons. The number of nitro benzene ring substituents is 2. The third-order valence-corrected chi connectivity index (χ3v) is 9.42. The van der Waals surface area contributed by atoms with E-state index in [1.165, 1.54) is 24.3 Å². The van der Waals surface area contributed by atoms with Gasteiger partial charge in [-0.3, -0.25) is 63.3 Å². The summed E-state index contributed by atoms with van der Waals surface area (Å²) < 4.78 is 51.7. The average Bonchev–Trinajstić information content (AvgIpc) is 3.15. The van der Waals surface area contributed by atoms with Crippen molar-refractivity contribution in [2.24, 2.45) is 0 Å². The normalized spacial score (nSPS) is 14.7. The minimum Gasteiger partial charge on any atom is -0.313 e. The van der Waals surface area contributed by atoms with E-state index in [1.807, 2.05) is 13.0 Å². The van der Waals surface area contributed by atoms with Crippen LogP contribution in [0, 0.1) is 27.2 Å². The molecule has 4 amide bonds. The van der Waals surface area contributed by atoms with Crippen LogP contribution in [0.2, 0.25) is 0 Å². The number of amides is 4. The number of hydrogen-bond acceptors (Lipinski definition) is 15. The fourth-order valence-electron chi connectivity index (χ4n) is 7.05. The molecule has 4 aromatic carbocycles. The summed E-state index contributed by atoms with van der Waals surface area (Å²) in [6.07, 6.45) is 3.06. The summed E-state index contributed by atoms with van der Waals surface area (Å²) in [4.78, 5) is 83.3. The number of aryl methyl sites for hydroxylation is 1. The zero-order chi connectivity index (χ0) is 45.3. The van der Waals surface area contributed by atoms with Gasteiger partial charge in [-0.2, -0.15) is 16.8 Å². The van der Waals surface area contributed by atoms with Crippen LogP contribution >= 0.6 is 0 Å². The Morgan fingerprint density at radius 1 is 0.672 bits per heavy atom. The molecule has 0 bridgehead atoms. The molecular weight excluding hydrogens is 843 g/mol. The number of fused-ring (bicyclic) bond motifs is 2. The molecule has 3 heterocycles. The lowest BCUT2D eigenvalue weighted by molar-refractivity contribution is -0.384. The van der Waals surface area contributed by atoms with Crippen molar-refractivity contribution >= 4 is 87.7 Å². The van der Waals surface area contributed by atoms with Gasteiger partial charge < -0.3 is 10.6 Å². The van der Waals surface area contributed by atoms with Gasteiger partial charge in [-0.1, -0.05) is 12.1 Å². The smallest absolute Gasteiger partial charge is 0.270 e. The predicted octanol–water partition coefficient (Wildman–Crippen LogP) is 3.52. The van der Waals surface area contributed by atoms with Crippen LogP contribution < -0.4 is 10.6 Å². The number of carbonyl (C=O) groups excluding carboxylic acids is 4. The molecule has 0 saturated heterocycles. The first-order valence-electron chi connectivity index (χ1n) is 18.1. The summed E-state index contributed by atoms with van der Waals surface area (Å²) in [7, 11) is -7.33.